The Bertz CT molecular complexity index is 1510. The SMILES string of the molecule is [B]c1cccc2c1c1ccccc1n2-c1cc(-c2ccccc2)cc(-c2ccccc2)n1. The molecule has 0 N–H and O–H groups in total. The summed E-state index contributed by atoms with van der Waals surface area (Å²) < 4.78 is 2.22. The van der Waals surface area contributed by atoms with Crippen LogP contribution in [-0.4, -0.2) is 17.4 Å². The summed E-state index contributed by atoms with van der Waals surface area (Å²) in [5.41, 5.74) is 7.25. The first-order valence-electron chi connectivity index (χ1n) is 10.7. The van der Waals surface area contributed by atoms with Crippen LogP contribution < -0.4 is 5.46 Å². The summed E-state index contributed by atoms with van der Waals surface area (Å²) >= 11 is 0. The van der Waals surface area contributed by atoms with E-state index >= 15 is 0 Å². The van der Waals surface area contributed by atoms with Gasteiger partial charge in [0, 0.05) is 16.3 Å². The van der Waals surface area contributed by atoms with Gasteiger partial charge < -0.3 is 0 Å². The molecule has 32 heavy (non-hydrogen) atoms. The van der Waals surface area contributed by atoms with Crippen LogP contribution in [-0.2, 0) is 0 Å². The Hall–Kier alpha value is -4.11. The molecule has 0 saturated carbocycles. The normalized spacial score (nSPS) is 11.2. The topological polar surface area (TPSA) is 17.8 Å². The molecule has 6 rings (SSSR count). The molecule has 0 saturated heterocycles. The summed E-state index contributed by atoms with van der Waals surface area (Å²) in [6, 6.07) is 39.6. The van der Waals surface area contributed by atoms with Gasteiger partial charge in [-0.1, -0.05) is 96.5 Å². The highest BCUT2D eigenvalue weighted by Crippen LogP contribution is 2.33. The fourth-order valence-electron chi connectivity index (χ4n) is 4.48. The zero-order valence-electron chi connectivity index (χ0n) is 17.4. The third-order valence-corrected chi connectivity index (χ3v) is 5.95. The van der Waals surface area contributed by atoms with Gasteiger partial charge in [0.1, 0.15) is 13.7 Å². The van der Waals surface area contributed by atoms with Crippen LogP contribution in [0.25, 0.3) is 50.0 Å². The second-order valence-electron chi connectivity index (χ2n) is 7.93. The van der Waals surface area contributed by atoms with Crippen molar-refractivity contribution in [2.75, 3.05) is 0 Å². The number of rotatable bonds is 3. The number of benzene rings is 4. The highest BCUT2D eigenvalue weighted by molar-refractivity contribution is 6.41. The smallest absolute Gasteiger partial charge is 0.138 e. The lowest BCUT2D eigenvalue weighted by Crippen LogP contribution is -2.04. The predicted molar refractivity (Wildman–Crippen MR) is 135 cm³/mol. The molecule has 4 aromatic carbocycles. The quantitative estimate of drug-likeness (QED) is 0.315. The van der Waals surface area contributed by atoms with E-state index in [1.165, 1.54) is 0 Å². The number of pyridine rings is 1. The molecule has 2 heterocycles. The minimum Gasteiger partial charge on any atom is -0.294 e. The monoisotopic (exact) mass is 406 g/mol. The fourth-order valence-corrected chi connectivity index (χ4v) is 4.48. The molecule has 0 aliphatic heterocycles. The van der Waals surface area contributed by atoms with Crippen LogP contribution in [0.1, 0.15) is 0 Å². The number of hydrogen-bond acceptors (Lipinski definition) is 1. The highest BCUT2D eigenvalue weighted by atomic mass is 15.1. The maximum Gasteiger partial charge on any atom is 0.138 e. The van der Waals surface area contributed by atoms with Crippen molar-refractivity contribution in [3.8, 4) is 28.2 Å². The van der Waals surface area contributed by atoms with Crippen molar-refractivity contribution >= 4 is 35.1 Å². The zero-order valence-corrected chi connectivity index (χ0v) is 17.4. The van der Waals surface area contributed by atoms with Crippen LogP contribution in [0.4, 0.5) is 0 Å². The Morgan fingerprint density at radius 2 is 1.22 bits per heavy atom. The van der Waals surface area contributed by atoms with Gasteiger partial charge in [-0.25, -0.2) is 4.98 Å². The number of nitrogens with zero attached hydrogens (tertiary/aromatic N) is 2. The summed E-state index contributed by atoms with van der Waals surface area (Å²) in [6.07, 6.45) is 0. The Morgan fingerprint density at radius 1 is 0.562 bits per heavy atom. The molecule has 3 heteroatoms. The molecular weight excluding hydrogens is 387 g/mol. The van der Waals surface area contributed by atoms with E-state index in [1.54, 1.807) is 0 Å². The van der Waals surface area contributed by atoms with Gasteiger partial charge in [-0.05, 0) is 35.4 Å². The average molecular weight is 406 g/mol. The molecule has 6 aromatic rings. The predicted octanol–water partition coefficient (Wildman–Crippen LogP) is 6.31. The van der Waals surface area contributed by atoms with E-state index in [2.05, 4.69) is 83.4 Å². The van der Waals surface area contributed by atoms with Gasteiger partial charge in [-0.2, -0.15) is 0 Å². The van der Waals surface area contributed by atoms with Crippen LogP contribution >= 0.6 is 0 Å². The third-order valence-electron chi connectivity index (χ3n) is 5.95. The van der Waals surface area contributed by atoms with Crippen molar-refractivity contribution < 1.29 is 0 Å². The summed E-state index contributed by atoms with van der Waals surface area (Å²) in [7, 11) is 6.42. The molecule has 148 valence electrons. The van der Waals surface area contributed by atoms with Gasteiger partial charge >= 0.3 is 0 Å². The van der Waals surface area contributed by atoms with Gasteiger partial charge in [-0.3, -0.25) is 4.57 Å². The van der Waals surface area contributed by atoms with Crippen molar-refractivity contribution in [1.82, 2.24) is 9.55 Å². The average Bonchev–Trinajstić information content (AvgIpc) is 3.20. The summed E-state index contributed by atoms with van der Waals surface area (Å²) in [5, 5.41) is 2.20. The molecular formula is C29H19BN2. The van der Waals surface area contributed by atoms with E-state index in [1.807, 2.05) is 36.4 Å². The standard InChI is InChI=1S/C29H19BN2/c30-24-15-9-17-27-29(24)23-14-7-8-16-26(23)32(27)28-19-22(20-10-3-1-4-11-20)18-25(31-28)21-12-5-2-6-13-21/h1-19H. The van der Waals surface area contributed by atoms with Crippen LogP contribution in [0.15, 0.2) is 115 Å². The number of fused-ring (bicyclic) bond motifs is 3. The molecule has 0 bridgehead atoms. The number of para-hydroxylation sites is 1. The van der Waals surface area contributed by atoms with E-state index in [0.717, 1.165) is 55.5 Å². The number of hydrogen-bond donors (Lipinski definition) is 0. The van der Waals surface area contributed by atoms with Crippen LogP contribution in [0.5, 0.6) is 0 Å². The van der Waals surface area contributed by atoms with Crippen LogP contribution in [0.3, 0.4) is 0 Å². The molecule has 2 aromatic heterocycles. The minimum atomic E-state index is 0.778. The maximum absolute atomic E-state index is 6.42. The van der Waals surface area contributed by atoms with Crippen LogP contribution in [0, 0.1) is 0 Å². The fraction of sp³-hybridized carbons (Fsp3) is 0. The van der Waals surface area contributed by atoms with Crippen molar-refractivity contribution in [1.29, 1.82) is 0 Å². The highest BCUT2D eigenvalue weighted by Gasteiger charge is 2.16. The Morgan fingerprint density at radius 3 is 2.00 bits per heavy atom. The Kier molecular flexibility index (Phi) is 4.40. The van der Waals surface area contributed by atoms with Gasteiger partial charge in [0.2, 0.25) is 0 Å². The van der Waals surface area contributed by atoms with E-state index in [0.29, 0.717) is 0 Å². The number of aromatic nitrogens is 2. The molecule has 2 radical (unpaired) electrons. The van der Waals surface area contributed by atoms with Crippen LogP contribution in [0.2, 0.25) is 0 Å². The molecule has 0 aliphatic rings. The maximum atomic E-state index is 6.42. The Balaban J connectivity index is 1.71. The molecule has 0 fully saturated rings. The molecule has 0 atom stereocenters. The van der Waals surface area contributed by atoms with Crippen molar-refractivity contribution in [2.45, 2.75) is 0 Å². The molecule has 0 spiro atoms. The largest absolute Gasteiger partial charge is 0.294 e. The zero-order chi connectivity index (χ0) is 21.5. The van der Waals surface area contributed by atoms with Gasteiger partial charge in [0.05, 0.1) is 16.7 Å². The third kappa shape index (κ3) is 3.02. The van der Waals surface area contributed by atoms with E-state index in [-0.39, 0.29) is 0 Å². The Labute approximate surface area is 188 Å². The lowest BCUT2D eigenvalue weighted by molar-refractivity contribution is 1.08. The molecule has 0 unspecified atom stereocenters. The summed E-state index contributed by atoms with van der Waals surface area (Å²) in [6.45, 7) is 0. The first-order chi connectivity index (χ1) is 15.8. The lowest BCUT2D eigenvalue weighted by atomic mass is 9.91. The van der Waals surface area contributed by atoms with Crippen molar-refractivity contribution in [2.24, 2.45) is 0 Å². The van der Waals surface area contributed by atoms with E-state index < -0.39 is 0 Å². The minimum absolute atomic E-state index is 0.778. The van der Waals surface area contributed by atoms with Gasteiger partial charge in [0.15, 0.2) is 0 Å². The molecule has 0 aliphatic carbocycles. The van der Waals surface area contributed by atoms with Gasteiger partial charge in [0.25, 0.3) is 0 Å². The summed E-state index contributed by atoms with van der Waals surface area (Å²) in [4.78, 5) is 5.12. The van der Waals surface area contributed by atoms with Crippen molar-refractivity contribution in [3.63, 3.8) is 0 Å². The van der Waals surface area contributed by atoms with E-state index in [4.69, 9.17) is 12.8 Å². The second-order valence-corrected chi connectivity index (χ2v) is 7.93. The van der Waals surface area contributed by atoms with E-state index in [9.17, 15) is 0 Å². The first kappa shape index (κ1) is 18.6. The van der Waals surface area contributed by atoms with Crippen molar-refractivity contribution in [3.05, 3.63) is 115 Å². The molecule has 0 amide bonds. The molecule has 2 nitrogen and oxygen atoms in total. The lowest BCUT2D eigenvalue weighted by Gasteiger charge is -2.13. The summed E-state index contributed by atoms with van der Waals surface area (Å²) in [5.74, 6) is 0.877. The second kappa shape index (κ2) is 7.54. The first-order valence-corrected chi connectivity index (χ1v) is 10.7. The van der Waals surface area contributed by atoms with Gasteiger partial charge in [-0.15, -0.1) is 0 Å².